The Morgan fingerprint density at radius 3 is 2.14 bits per heavy atom. The number of nitrogens with zero attached hydrogens (tertiary/aromatic N) is 3. The fourth-order valence-electron chi connectivity index (χ4n) is 5.50. The van der Waals surface area contributed by atoms with Gasteiger partial charge in [-0.1, -0.05) is 31.0 Å². The molecule has 2 amide bonds. The van der Waals surface area contributed by atoms with Crippen LogP contribution in [0.25, 0.3) is 0 Å². The van der Waals surface area contributed by atoms with Crippen LogP contribution in [0.5, 0.6) is 0 Å². The van der Waals surface area contributed by atoms with E-state index in [1.807, 2.05) is 0 Å². The average molecular weight is 398 g/mol. The van der Waals surface area contributed by atoms with Gasteiger partial charge in [0.2, 0.25) is 11.8 Å². The van der Waals surface area contributed by atoms with Gasteiger partial charge in [-0.05, 0) is 56.2 Å². The van der Waals surface area contributed by atoms with Gasteiger partial charge in [0, 0.05) is 51.3 Å². The molecule has 1 aromatic rings. The van der Waals surface area contributed by atoms with Gasteiger partial charge in [0.1, 0.15) is 0 Å². The number of aryl methyl sites for hydroxylation is 1. The van der Waals surface area contributed by atoms with Crippen molar-refractivity contribution in [3.63, 3.8) is 0 Å². The number of carbonyl (C=O) groups excluding carboxylic acids is 2. The monoisotopic (exact) mass is 397 g/mol. The van der Waals surface area contributed by atoms with E-state index in [-0.39, 0.29) is 17.2 Å². The largest absolute Gasteiger partial charge is 0.369 e. The number of carbonyl (C=O) groups is 2. The number of hydrogen-bond donors (Lipinski definition) is 0. The summed E-state index contributed by atoms with van der Waals surface area (Å²) in [6.07, 6.45) is 7.64. The first-order chi connectivity index (χ1) is 14.1. The molecule has 1 aromatic carbocycles. The predicted molar refractivity (Wildman–Crippen MR) is 116 cm³/mol. The summed E-state index contributed by atoms with van der Waals surface area (Å²) in [6.45, 7) is 8.14. The number of para-hydroxylation sites is 1. The van der Waals surface area contributed by atoms with E-state index in [0.29, 0.717) is 19.4 Å². The van der Waals surface area contributed by atoms with Crippen LogP contribution in [0, 0.1) is 12.3 Å². The number of imide groups is 1. The lowest BCUT2D eigenvalue weighted by Crippen LogP contribution is -2.48. The van der Waals surface area contributed by atoms with Gasteiger partial charge in [0.05, 0.1) is 0 Å². The lowest BCUT2D eigenvalue weighted by atomic mass is 9.76. The summed E-state index contributed by atoms with van der Waals surface area (Å²) < 4.78 is 0. The highest BCUT2D eigenvalue weighted by atomic mass is 16.2. The smallest absolute Gasteiger partial charge is 0.229 e. The molecule has 5 nitrogen and oxygen atoms in total. The molecule has 0 N–H and O–H groups in total. The van der Waals surface area contributed by atoms with Crippen molar-refractivity contribution in [3.8, 4) is 0 Å². The Morgan fingerprint density at radius 1 is 0.862 bits per heavy atom. The van der Waals surface area contributed by atoms with Crippen LogP contribution in [0.2, 0.25) is 0 Å². The molecule has 2 heterocycles. The van der Waals surface area contributed by atoms with E-state index in [4.69, 9.17) is 0 Å². The zero-order valence-corrected chi connectivity index (χ0v) is 17.9. The van der Waals surface area contributed by atoms with Crippen molar-refractivity contribution < 1.29 is 9.59 Å². The molecule has 29 heavy (non-hydrogen) atoms. The van der Waals surface area contributed by atoms with Crippen LogP contribution in [0.3, 0.4) is 0 Å². The molecule has 0 radical (unpaired) electrons. The highest BCUT2D eigenvalue weighted by Gasteiger charge is 2.44. The Bertz CT molecular complexity index is 713. The number of likely N-dealkylation sites (tertiary alicyclic amines) is 1. The fourth-order valence-corrected chi connectivity index (χ4v) is 5.50. The van der Waals surface area contributed by atoms with Crippen LogP contribution in [0.4, 0.5) is 5.69 Å². The van der Waals surface area contributed by atoms with Crippen molar-refractivity contribution >= 4 is 17.5 Å². The summed E-state index contributed by atoms with van der Waals surface area (Å²) in [4.78, 5) is 31.7. The molecule has 1 spiro atoms. The fraction of sp³-hybridized carbons (Fsp3) is 0.667. The van der Waals surface area contributed by atoms with Gasteiger partial charge in [-0.3, -0.25) is 19.4 Å². The first kappa shape index (κ1) is 20.4. The van der Waals surface area contributed by atoms with Gasteiger partial charge in [-0.25, -0.2) is 0 Å². The quantitative estimate of drug-likeness (QED) is 0.543. The molecule has 0 bridgehead atoms. The van der Waals surface area contributed by atoms with Crippen LogP contribution >= 0.6 is 0 Å². The lowest BCUT2D eigenvalue weighted by Gasteiger charge is -2.38. The number of piperidine rings is 1. The van der Waals surface area contributed by atoms with E-state index in [2.05, 4.69) is 41.0 Å². The van der Waals surface area contributed by atoms with Crippen molar-refractivity contribution in [1.29, 1.82) is 0 Å². The first-order valence-corrected chi connectivity index (χ1v) is 11.4. The minimum atomic E-state index is 0.0153. The highest BCUT2D eigenvalue weighted by Crippen LogP contribution is 2.46. The van der Waals surface area contributed by atoms with Gasteiger partial charge in [-0.15, -0.1) is 0 Å². The molecule has 1 saturated carbocycles. The van der Waals surface area contributed by atoms with Crippen LogP contribution in [0.1, 0.15) is 56.9 Å². The Hall–Kier alpha value is -1.88. The average Bonchev–Trinajstić information content (AvgIpc) is 3.15. The number of anilines is 1. The highest BCUT2D eigenvalue weighted by molar-refractivity contribution is 5.98. The number of unbranched alkanes of at least 4 members (excludes halogenated alkanes) is 1. The third-order valence-corrected chi connectivity index (χ3v) is 7.25. The Kier molecular flexibility index (Phi) is 6.23. The molecule has 4 rings (SSSR count). The number of hydrogen-bond acceptors (Lipinski definition) is 4. The Balaban J connectivity index is 1.17. The van der Waals surface area contributed by atoms with Gasteiger partial charge in [0.15, 0.2) is 0 Å². The van der Waals surface area contributed by atoms with Crippen LogP contribution < -0.4 is 4.90 Å². The molecule has 0 unspecified atom stereocenters. The van der Waals surface area contributed by atoms with Crippen molar-refractivity contribution in [3.05, 3.63) is 29.8 Å². The van der Waals surface area contributed by atoms with E-state index in [1.54, 1.807) is 4.90 Å². The van der Waals surface area contributed by atoms with Crippen molar-refractivity contribution in [2.75, 3.05) is 44.2 Å². The Morgan fingerprint density at radius 2 is 1.48 bits per heavy atom. The third kappa shape index (κ3) is 4.66. The summed E-state index contributed by atoms with van der Waals surface area (Å²) in [5.74, 6) is 0.157. The number of piperazine rings is 1. The molecular weight excluding hydrogens is 362 g/mol. The van der Waals surface area contributed by atoms with Crippen molar-refractivity contribution in [2.45, 2.75) is 58.3 Å². The summed E-state index contributed by atoms with van der Waals surface area (Å²) in [5, 5.41) is 0. The molecule has 5 heteroatoms. The molecule has 0 aromatic heterocycles. The maximum absolute atomic E-state index is 12.5. The number of rotatable bonds is 6. The van der Waals surface area contributed by atoms with E-state index in [1.165, 1.54) is 24.1 Å². The van der Waals surface area contributed by atoms with Gasteiger partial charge < -0.3 is 4.90 Å². The lowest BCUT2D eigenvalue weighted by molar-refractivity contribution is -0.153. The van der Waals surface area contributed by atoms with E-state index < -0.39 is 0 Å². The molecular formula is C24H35N3O2. The molecule has 2 saturated heterocycles. The summed E-state index contributed by atoms with van der Waals surface area (Å²) in [5.41, 5.74) is 2.71. The van der Waals surface area contributed by atoms with E-state index in [9.17, 15) is 9.59 Å². The van der Waals surface area contributed by atoms with Crippen LogP contribution in [-0.2, 0) is 9.59 Å². The maximum Gasteiger partial charge on any atom is 0.229 e. The number of amides is 2. The maximum atomic E-state index is 12.5. The van der Waals surface area contributed by atoms with E-state index >= 15 is 0 Å². The minimum absolute atomic E-state index is 0.0153. The zero-order valence-electron chi connectivity index (χ0n) is 17.9. The third-order valence-electron chi connectivity index (χ3n) is 7.25. The van der Waals surface area contributed by atoms with Crippen molar-refractivity contribution in [2.24, 2.45) is 5.41 Å². The summed E-state index contributed by atoms with van der Waals surface area (Å²) in [6, 6.07) is 8.61. The SMILES string of the molecule is Cc1ccccc1N1CCN(CCCCN2C(=O)CC3(CCCC3)CC2=O)CC1. The summed E-state index contributed by atoms with van der Waals surface area (Å²) >= 11 is 0. The standard InChI is InChI=1S/C24H35N3O2/c1-20-8-2-3-9-21(20)26-16-14-25(15-17-26)12-6-7-13-27-22(28)18-24(19-23(27)29)10-4-5-11-24/h2-3,8-9H,4-7,10-19H2,1H3. The minimum Gasteiger partial charge on any atom is -0.369 e. The molecule has 0 atom stereocenters. The molecule has 3 aliphatic rings. The van der Waals surface area contributed by atoms with Crippen LogP contribution in [-0.4, -0.2) is 60.9 Å². The molecule has 2 aliphatic heterocycles. The zero-order chi connectivity index (χ0) is 20.3. The second-order valence-corrected chi connectivity index (χ2v) is 9.32. The van der Waals surface area contributed by atoms with Crippen LogP contribution in [0.15, 0.2) is 24.3 Å². The van der Waals surface area contributed by atoms with E-state index in [0.717, 1.165) is 58.4 Å². The summed E-state index contributed by atoms with van der Waals surface area (Å²) in [7, 11) is 0. The predicted octanol–water partition coefficient (Wildman–Crippen LogP) is 3.61. The van der Waals surface area contributed by atoms with Crippen molar-refractivity contribution in [1.82, 2.24) is 9.80 Å². The topological polar surface area (TPSA) is 43.9 Å². The van der Waals surface area contributed by atoms with Gasteiger partial charge >= 0.3 is 0 Å². The second kappa shape index (κ2) is 8.86. The molecule has 3 fully saturated rings. The number of benzene rings is 1. The molecule has 1 aliphatic carbocycles. The van der Waals surface area contributed by atoms with Gasteiger partial charge in [-0.2, -0.15) is 0 Å². The van der Waals surface area contributed by atoms with Gasteiger partial charge in [0.25, 0.3) is 0 Å². The molecule has 158 valence electrons. The Labute approximate surface area is 175 Å². The second-order valence-electron chi connectivity index (χ2n) is 9.32. The normalized spacial score (nSPS) is 22.7. The first-order valence-electron chi connectivity index (χ1n) is 11.4.